The van der Waals surface area contributed by atoms with Gasteiger partial charge in [0.1, 0.15) is 5.01 Å². The molecule has 2 aromatic carbocycles. The third-order valence-corrected chi connectivity index (χ3v) is 7.19. The van der Waals surface area contributed by atoms with E-state index in [1.54, 1.807) is 32.4 Å². The number of nitrogens with one attached hydrogen (secondary N) is 1. The number of thiazole rings is 1. The summed E-state index contributed by atoms with van der Waals surface area (Å²) in [4.78, 5) is 33.6. The molecule has 172 valence electrons. The van der Waals surface area contributed by atoms with Crippen LogP contribution in [0, 0.1) is 0 Å². The molecule has 1 aliphatic carbocycles. The van der Waals surface area contributed by atoms with Crippen LogP contribution < -0.4 is 15.0 Å². The Labute approximate surface area is 205 Å². The van der Waals surface area contributed by atoms with Crippen molar-refractivity contribution >= 4 is 28.7 Å². The van der Waals surface area contributed by atoms with Gasteiger partial charge in [0, 0.05) is 33.6 Å². The Morgan fingerprint density at radius 2 is 1.74 bits per heavy atom. The summed E-state index contributed by atoms with van der Waals surface area (Å²) < 4.78 is 10.7. The summed E-state index contributed by atoms with van der Waals surface area (Å²) in [5.74, 6) is 1.18. The van der Waals surface area contributed by atoms with E-state index in [0.717, 1.165) is 16.8 Å². The van der Waals surface area contributed by atoms with Gasteiger partial charge in [-0.3, -0.25) is 9.59 Å². The van der Waals surface area contributed by atoms with Crippen LogP contribution in [0.2, 0.25) is 5.02 Å². The highest BCUT2D eigenvalue weighted by atomic mass is 35.5. The first-order valence-corrected chi connectivity index (χ1v) is 12.0. The number of pyridine rings is 1. The molecular weight excluding hydrogens is 472 g/mol. The Morgan fingerprint density at radius 1 is 0.971 bits per heavy atom. The molecule has 0 amide bonds. The molecule has 0 unspecified atom stereocenters. The summed E-state index contributed by atoms with van der Waals surface area (Å²) in [5.41, 5.74) is 3.99. The van der Waals surface area contributed by atoms with Crippen LogP contribution in [0.4, 0.5) is 0 Å². The lowest BCUT2D eigenvalue weighted by Gasteiger charge is -2.24. The first kappa shape index (κ1) is 22.4. The molecule has 6 nitrogen and oxygen atoms in total. The molecule has 1 N–H and O–H groups in total. The number of ketones is 1. The zero-order valence-corrected chi connectivity index (χ0v) is 20.1. The van der Waals surface area contributed by atoms with Gasteiger partial charge in [-0.2, -0.15) is 0 Å². The molecule has 2 aromatic heterocycles. The number of rotatable bonds is 5. The topological polar surface area (TPSA) is 81.3 Å². The number of aromatic amines is 1. The van der Waals surface area contributed by atoms with Crippen LogP contribution in [0.1, 0.15) is 34.0 Å². The zero-order valence-electron chi connectivity index (χ0n) is 18.6. The van der Waals surface area contributed by atoms with Gasteiger partial charge < -0.3 is 14.5 Å². The molecule has 0 bridgehead atoms. The van der Waals surface area contributed by atoms with E-state index in [9.17, 15) is 9.59 Å². The maximum Gasteiger partial charge on any atom is 0.258 e. The minimum atomic E-state index is -0.253. The zero-order chi connectivity index (χ0) is 23.8. The molecule has 1 atom stereocenters. The Kier molecular flexibility index (Phi) is 5.98. The van der Waals surface area contributed by atoms with E-state index in [2.05, 4.69) is 9.97 Å². The van der Waals surface area contributed by atoms with Crippen molar-refractivity contribution in [2.24, 2.45) is 0 Å². The number of ether oxygens (including phenoxy) is 2. The second kappa shape index (κ2) is 9.08. The lowest BCUT2D eigenvalue weighted by molar-refractivity contribution is 0.0963. The van der Waals surface area contributed by atoms with Crippen molar-refractivity contribution in [1.82, 2.24) is 9.97 Å². The first-order valence-electron chi connectivity index (χ1n) is 10.7. The molecule has 34 heavy (non-hydrogen) atoms. The highest BCUT2D eigenvalue weighted by Crippen LogP contribution is 2.37. The number of halogens is 1. The van der Waals surface area contributed by atoms with E-state index >= 15 is 0 Å². The predicted molar refractivity (Wildman–Crippen MR) is 134 cm³/mol. The van der Waals surface area contributed by atoms with E-state index in [0.29, 0.717) is 51.2 Å². The van der Waals surface area contributed by atoms with Crippen molar-refractivity contribution in [1.29, 1.82) is 0 Å². The van der Waals surface area contributed by atoms with Crippen LogP contribution in [0.3, 0.4) is 0 Å². The summed E-state index contributed by atoms with van der Waals surface area (Å²) >= 11 is 7.34. The van der Waals surface area contributed by atoms with Gasteiger partial charge in [-0.25, -0.2) is 4.98 Å². The molecule has 0 saturated carbocycles. The fraction of sp³-hybridized carbons (Fsp3) is 0.192. The average Bonchev–Trinajstić information content (AvgIpc) is 3.33. The quantitative estimate of drug-likeness (QED) is 0.383. The van der Waals surface area contributed by atoms with Gasteiger partial charge in [0.15, 0.2) is 17.3 Å². The minimum Gasteiger partial charge on any atom is -0.493 e. The van der Waals surface area contributed by atoms with Crippen molar-refractivity contribution < 1.29 is 14.3 Å². The summed E-state index contributed by atoms with van der Waals surface area (Å²) in [7, 11) is 3.17. The van der Waals surface area contributed by atoms with Gasteiger partial charge in [-0.05, 0) is 48.2 Å². The normalized spacial score (nSPS) is 15.1. The van der Waals surface area contributed by atoms with E-state index in [1.165, 1.54) is 11.3 Å². The molecule has 0 aliphatic heterocycles. The Bertz CT molecular complexity index is 1440. The molecule has 4 aromatic rings. The Balaban J connectivity index is 1.46. The molecule has 0 radical (unpaired) electrons. The summed E-state index contributed by atoms with van der Waals surface area (Å²) in [6.45, 7) is 0. The minimum absolute atomic E-state index is 0.00647. The number of Topliss-reactive ketones (excluding diaryl/α,β-unsaturated/α-hetero) is 1. The number of hydrogen-bond acceptors (Lipinski definition) is 6. The molecule has 2 heterocycles. The highest BCUT2D eigenvalue weighted by Gasteiger charge is 2.29. The highest BCUT2D eigenvalue weighted by molar-refractivity contribution is 7.13. The van der Waals surface area contributed by atoms with Crippen molar-refractivity contribution in [3.05, 3.63) is 86.1 Å². The van der Waals surface area contributed by atoms with Crippen LogP contribution in [0.5, 0.6) is 11.5 Å². The van der Waals surface area contributed by atoms with Crippen molar-refractivity contribution in [3.8, 4) is 33.3 Å². The van der Waals surface area contributed by atoms with Crippen molar-refractivity contribution in [2.45, 2.75) is 18.8 Å². The maximum atomic E-state index is 13.1. The van der Waals surface area contributed by atoms with Gasteiger partial charge in [0.25, 0.3) is 5.56 Å². The number of H-pyrrole nitrogens is 1. The van der Waals surface area contributed by atoms with Crippen molar-refractivity contribution in [2.75, 3.05) is 14.2 Å². The van der Waals surface area contributed by atoms with Crippen LogP contribution >= 0.6 is 22.9 Å². The largest absolute Gasteiger partial charge is 0.493 e. The predicted octanol–water partition coefficient (Wildman–Crippen LogP) is 5.75. The molecule has 5 rings (SSSR count). The number of methoxy groups -OCH3 is 2. The Morgan fingerprint density at radius 3 is 2.47 bits per heavy atom. The molecule has 0 fully saturated rings. The van der Waals surface area contributed by atoms with Gasteiger partial charge in [0.05, 0.1) is 25.5 Å². The lowest BCUT2D eigenvalue weighted by atomic mass is 9.81. The van der Waals surface area contributed by atoms with E-state index in [4.69, 9.17) is 21.1 Å². The monoisotopic (exact) mass is 492 g/mol. The van der Waals surface area contributed by atoms with Crippen LogP contribution in [-0.2, 0) is 6.42 Å². The maximum absolute atomic E-state index is 13.1. The number of hydrogen-bond donors (Lipinski definition) is 1. The van der Waals surface area contributed by atoms with Crippen LogP contribution in [-0.4, -0.2) is 30.0 Å². The van der Waals surface area contributed by atoms with E-state index in [1.807, 2.05) is 35.7 Å². The number of carbonyl (C=O) groups excluding carboxylic acids is 1. The smallest absolute Gasteiger partial charge is 0.258 e. The van der Waals surface area contributed by atoms with Gasteiger partial charge in [0.2, 0.25) is 0 Å². The number of nitrogens with zero attached hydrogens (tertiary/aromatic N) is 1. The lowest BCUT2D eigenvalue weighted by Crippen LogP contribution is -2.24. The van der Waals surface area contributed by atoms with Crippen LogP contribution in [0.25, 0.3) is 21.8 Å². The first-order chi connectivity index (χ1) is 16.5. The van der Waals surface area contributed by atoms with E-state index < -0.39 is 0 Å². The summed E-state index contributed by atoms with van der Waals surface area (Å²) in [5, 5.41) is 3.12. The third kappa shape index (κ3) is 4.13. The van der Waals surface area contributed by atoms with Gasteiger partial charge in [-0.1, -0.05) is 29.8 Å². The summed E-state index contributed by atoms with van der Waals surface area (Å²) in [6, 6.07) is 14.7. The number of fused-ring (bicyclic) bond motifs is 1. The molecular formula is C26H21ClN2O4S. The average molecular weight is 493 g/mol. The second-order valence-corrected chi connectivity index (χ2v) is 9.39. The molecule has 0 saturated heterocycles. The second-order valence-electron chi connectivity index (χ2n) is 8.09. The van der Waals surface area contributed by atoms with Gasteiger partial charge >= 0.3 is 0 Å². The van der Waals surface area contributed by atoms with Gasteiger partial charge in [-0.15, -0.1) is 11.3 Å². The number of aromatic nitrogens is 2. The fourth-order valence-electron chi connectivity index (χ4n) is 4.28. The van der Waals surface area contributed by atoms with Crippen LogP contribution in [0.15, 0.2) is 58.7 Å². The van der Waals surface area contributed by atoms with Crippen molar-refractivity contribution in [3.63, 3.8) is 0 Å². The molecule has 1 aliphatic rings. The third-order valence-electron chi connectivity index (χ3n) is 6.06. The SMILES string of the molecule is COc1ccc([C@H]2CC(=O)c3cc(-c4nc(-c5ccc(Cl)cc5)cs4)c(=O)[nH]c3C2)cc1OC. The molecule has 0 spiro atoms. The fourth-order valence-corrected chi connectivity index (χ4v) is 5.25. The number of carbonyl (C=O) groups is 1. The summed E-state index contributed by atoms with van der Waals surface area (Å²) in [6.07, 6.45) is 0.905. The standard InChI is InChI=1S/C26H21ClN2O4S/c1-32-23-8-5-15(11-24(23)33-2)16-9-20-18(22(30)10-16)12-19(25(31)28-20)26-29-21(13-34-26)14-3-6-17(27)7-4-14/h3-8,11-13,16H,9-10H2,1-2H3,(H,28,31)/t16-/m1/s1. The number of benzene rings is 2. The Hall–Kier alpha value is -3.42. The van der Waals surface area contributed by atoms with E-state index in [-0.39, 0.29) is 17.3 Å². The molecule has 8 heteroatoms.